The van der Waals surface area contributed by atoms with Gasteiger partial charge >= 0.3 is 11.9 Å². The average Bonchev–Trinajstić information content (AvgIpc) is 2.56. The quantitative estimate of drug-likeness (QED) is 0.448. The summed E-state index contributed by atoms with van der Waals surface area (Å²) in [5.74, 6) is -3.57. The van der Waals surface area contributed by atoms with Gasteiger partial charge in [-0.25, -0.2) is 0 Å². The average molecular weight is 338 g/mol. The number of unbranched alkanes of at least 4 members (excludes halogenated alkanes) is 3. The number of rotatable bonds is 12. The summed E-state index contributed by atoms with van der Waals surface area (Å²) in [6.07, 6.45) is 3.34. The van der Waals surface area contributed by atoms with Crippen LogP contribution in [-0.4, -0.2) is 35.4 Å². The van der Waals surface area contributed by atoms with E-state index in [9.17, 15) is 19.8 Å². The van der Waals surface area contributed by atoms with E-state index in [0.717, 1.165) is 31.2 Å². The molecule has 24 heavy (non-hydrogen) atoms. The maximum absolute atomic E-state index is 11.3. The normalized spacial score (nSPS) is 12.1. The lowest BCUT2D eigenvalue weighted by Crippen LogP contribution is -2.37. The molecule has 0 saturated carbocycles. The minimum atomic E-state index is -1.55. The molecule has 2 N–H and O–H groups in total. The minimum absolute atomic E-state index is 0.166. The van der Waals surface area contributed by atoms with E-state index in [1.807, 2.05) is 12.1 Å². The molecule has 1 rings (SSSR count). The van der Waals surface area contributed by atoms with E-state index in [1.54, 1.807) is 19.2 Å². The van der Waals surface area contributed by atoms with Crippen molar-refractivity contribution in [2.24, 2.45) is 5.92 Å². The first kappa shape index (κ1) is 20.0. The highest BCUT2D eigenvalue weighted by Crippen LogP contribution is 2.20. The standard InChI is InChI=1S/C18H26O6/c1-3-4-5-6-7-15(16(17(19)20)18(21)22)24-12-13-8-10-14(23-2)11-9-13/h8-11,15-16H,3-7,12H2,1-2H3,(H,19,20)(H,21,22). The zero-order valence-electron chi connectivity index (χ0n) is 14.2. The second-order valence-corrected chi connectivity index (χ2v) is 5.70. The lowest BCUT2D eigenvalue weighted by atomic mass is 9.97. The van der Waals surface area contributed by atoms with Crippen molar-refractivity contribution in [3.05, 3.63) is 29.8 Å². The van der Waals surface area contributed by atoms with Crippen LogP contribution in [0.1, 0.15) is 44.6 Å². The molecule has 0 spiro atoms. The van der Waals surface area contributed by atoms with E-state index >= 15 is 0 Å². The Balaban J connectivity index is 2.71. The van der Waals surface area contributed by atoms with Crippen LogP contribution in [0.15, 0.2) is 24.3 Å². The van der Waals surface area contributed by atoms with Crippen molar-refractivity contribution in [1.82, 2.24) is 0 Å². The summed E-state index contributed by atoms with van der Waals surface area (Å²) < 4.78 is 10.7. The van der Waals surface area contributed by atoms with Gasteiger partial charge in [0, 0.05) is 0 Å². The fourth-order valence-electron chi connectivity index (χ4n) is 2.47. The number of ether oxygens (including phenoxy) is 2. The first-order chi connectivity index (χ1) is 11.5. The Morgan fingerprint density at radius 3 is 2.17 bits per heavy atom. The van der Waals surface area contributed by atoms with Gasteiger partial charge in [-0.3, -0.25) is 9.59 Å². The van der Waals surface area contributed by atoms with E-state index in [-0.39, 0.29) is 6.61 Å². The molecule has 0 aliphatic rings. The van der Waals surface area contributed by atoms with Gasteiger partial charge in [0.25, 0.3) is 0 Å². The van der Waals surface area contributed by atoms with Crippen LogP contribution >= 0.6 is 0 Å². The van der Waals surface area contributed by atoms with Crippen molar-refractivity contribution in [1.29, 1.82) is 0 Å². The smallest absolute Gasteiger partial charge is 0.320 e. The molecule has 0 aliphatic heterocycles. The van der Waals surface area contributed by atoms with Gasteiger partial charge < -0.3 is 19.7 Å². The van der Waals surface area contributed by atoms with Crippen molar-refractivity contribution in [3.63, 3.8) is 0 Å². The van der Waals surface area contributed by atoms with Crippen LogP contribution in [0, 0.1) is 5.92 Å². The van der Waals surface area contributed by atoms with E-state index in [2.05, 4.69) is 6.92 Å². The van der Waals surface area contributed by atoms with Crippen LogP contribution in [-0.2, 0) is 20.9 Å². The third kappa shape index (κ3) is 6.58. The van der Waals surface area contributed by atoms with Crippen molar-refractivity contribution >= 4 is 11.9 Å². The molecule has 0 saturated heterocycles. The van der Waals surface area contributed by atoms with Gasteiger partial charge in [-0.05, 0) is 24.1 Å². The van der Waals surface area contributed by atoms with Gasteiger partial charge in [-0.15, -0.1) is 0 Å². The maximum Gasteiger partial charge on any atom is 0.320 e. The number of carboxylic acid groups (broad SMARTS) is 2. The molecule has 1 aromatic rings. The second-order valence-electron chi connectivity index (χ2n) is 5.70. The Bertz CT molecular complexity index is 497. The van der Waals surface area contributed by atoms with E-state index in [4.69, 9.17) is 9.47 Å². The molecule has 1 atom stereocenters. The maximum atomic E-state index is 11.3. The SMILES string of the molecule is CCCCCCC(OCc1ccc(OC)cc1)C(C(=O)O)C(=O)O. The topological polar surface area (TPSA) is 93.1 Å². The summed E-state index contributed by atoms with van der Waals surface area (Å²) in [7, 11) is 1.57. The summed E-state index contributed by atoms with van der Waals surface area (Å²) in [5.41, 5.74) is 0.837. The molecular formula is C18H26O6. The van der Waals surface area contributed by atoms with Gasteiger partial charge in [0.05, 0.1) is 19.8 Å². The highest BCUT2D eigenvalue weighted by Gasteiger charge is 2.35. The molecule has 6 nitrogen and oxygen atoms in total. The molecule has 0 amide bonds. The van der Waals surface area contributed by atoms with Gasteiger partial charge in [0.1, 0.15) is 5.75 Å². The summed E-state index contributed by atoms with van der Waals surface area (Å²) >= 11 is 0. The molecule has 134 valence electrons. The van der Waals surface area contributed by atoms with Crippen LogP contribution in [0.5, 0.6) is 5.75 Å². The summed E-state index contributed by atoms with van der Waals surface area (Å²) in [5, 5.41) is 18.4. The third-order valence-electron chi connectivity index (χ3n) is 3.87. The first-order valence-electron chi connectivity index (χ1n) is 8.19. The van der Waals surface area contributed by atoms with Crippen molar-refractivity contribution < 1.29 is 29.3 Å². The van der Waals surface area contributed by atoms with Gasteiger partial charge in [0.2, 0.25) is 0 Å². The van der Waals surface area contributed by atoms with Crippen molar-refractivity contribution in [2.45, 2.75) is 51.7 Å². The number of carbonyl (C=O) groups is 2. The predicted molar refractivity (Wildman–Crippen MR) is 89.1 cm³/mol. The van der Waals surface area contributed by atoms with Crippen molar-refractivity contribution in [2.75, 3.05) is 7.11 Å². The number of aliphatic carboxylic acids is 2. The van der Waals surface area contributed by atoms with Crippen molar-refractivity contribution in [3.8, 4) is 5.75 Å². The van der Waals surface area contributed by atoms with Crippen LogP contribution in [0.2, 0.25) is 0 Å². The van der Waals surface area contributed by atoms with Gasteiger partial charge in [-0.2, -0.15) is 0 Å². The Morgan fingerprint density at radius 2 is 1.67 bits per heavy atom. The zero-order chi connectivity index (χ0) is 17.9. The number of carboxylic acids is 2. The molecule has 0 heterocycles. The van der Waals surface area contributed by atoms with Crippen LogP contribution in [0.4, 0.5) is 0 Å². The fraction of sp³-hybridized carbons (Fsp3) is 0.556. The Morgan fingerprint density at radius 1 is 1.04 bits per heavy atom. The minimum Gasteiger partial charge on any atom is -0.497 e. The molecule has 6 heteroatoms. The number of benzene rings is 1. The summed E-state index contributed by atoms with van der Waals surface area (Å²) in [4.78, 5) is 22.6. The largest absolute Gasteiger partial charge is 0.497 e. The second kappa shape index (κ2) is 10.6. The number of hydrogen-bond acceptors (Lipinski definition) is 4. The Hall–Kier alpha value is -2.08. The van der Waals surface area contributed by atoms with E-state index in [1.165, 1.54) is 0 Å². The predicted octanol–water partition coefficient (Wildman–Crippen LogP) is 3.34. The van der Waals surface area contributed by atoms with Crippen LogP contribution in [0.3, 0.4) is 0 Å². The lowest BCUT2D eigenvalue weighted by molar-refractivity contribution is -0.163. The van der Waals surface area contributed by atoms with Crippen LogP contribution < -0.4 is 4.74 Å². The molecule has 1 unspecified atom stereocenters. The summed E-state index contributed by atoms with van der Waals surface area (Å²) in [6.45, 7) is 2.24. The van der Waals surface area contributed by atoms with E-state index in [0.29, 0.717) is 12.2 Å². The first-order valence-corrected chi connectivity index (χ1v) is 8.19. The molecule has 1 aromatic carbocycles. The molecule has 0 radical (unpaired) electrons. The molecule has 0 fully saturated rings. The third-order valence-corrected chi connectivity index (χ3v) is 3.87. The summed E-state index contributed by atoms with van der Waals surface area (Å²) in [6, 6.07) is 7.18. The van der Waals surface area contributed by atoms with E-state index < -0.39 is 24.0 Å². The highest BCUT2D eigenvalue weighted by molar-refractivity contribution is 5.93. The highest BCUT2D eigenvalue weighted by atomic mass is 16.5. The lowest BCUT2D eigenvalue weighted by Gasteiger charge is -2.22. The zero-order valence-corrected chi connectivity index (χ0v) is 14.2. The Kier molecular flexibility index (Phi) is 8.86. The molecule has 0 bridgehead atoms. The molecule has 0 aliphatic carbocycles. The number of methoxy groups -OCH3 is 1. The molecular weight excluding hydrogens is 312 g/mol. The number of hydrogen-bond donors (Lipinski definition) is 2. The van der Waals surface area contributed by atoms with Crippen LogP contribution in [0.25, 0.3) is 0 Å². The monoisotopic (exact) mass is 338 g/mol. The van der Waals surface area contributed by atoms with Gasteiger partial charge in [-0.1, -0.05) is 44.7 Å². The Labute approximate surface area is 142 Å². The van der Waals surface area contributed by atoms with Gasteiger partial charge in [0.15, 0.2) is 5.92 Å². The molecule has 0 aromatic heterocycles. The fourth-order valence-corrected chi connectivity index (χ4v) is 2.47.